The second-order valence-corrected chi connectivity index (χ2v) is 3.75. The van der Waals surface area contributed by atoms with Crippen LogP contribution in [-0.2, 0) is 0 Å². The van der Waals surface area contributed by atoms with Crippen molar-refractivity contribution in [1.29, 1.82) is 0 Å². The minimum atomic E-state index is 1.09. The zero-order chi connectivity index (χ0) is 7.72. The summed E-state index contributed by atoms with van der Waals surface area (Å²) in [6, 6.07) is 4.13. The normalized spacial score (nSPS) is 10.0. The van der Waals surface area contributed by atoms with Crippen molar-refractivity contribution in [2.75, 3.05) is 0 Å². The predicted octanol–water partition coefficient (Wildman–Crippen LogP) is 3.35. The van der Waals surface area contributed by atoms with Crippen LogP contribution < -0.4 is 0 Å². The Morgan fingerprint density at radius 2 is 1.60 bits per heavy atom. The molecule has 0 aliphatic carbocycles. The van der Waals surface area contributed by atoms with Gasteiger partial charge >= 0.3 is 0 Å². The van der Waals surface area contributed by atoms with Crippen LogP contribution in [0.15, 0.2) is 21.5 Å². The van der Waals surface area contributed by atoms with Crippen LogP contribution in [0.2, 0.25) is 0 Å². The maximum absolute atomic E-state index is 4.34. The summed E-state index contributed by atoms with van der Waals surface area (Å²) in [5.41, 5.74) is 2.44. The summed E-state index contributed by atoms with van der Waals surface area (Å²) in [5, 5.41) is 0. The molecule has 0 spiro atoms. The monoisotopic (exact) mass is 216 g/mol. The van der Waals surface area contributed by atoms with Crippen molar-refractivity contribution in [2.45, 2.75) is 18.7 Å². The Morgan fingerprint density at radius 1 is 1.20 bits per heavy atom. The van der Waals surface area contributed by atoms with Gasteiger partial charge in [-0.15, -0.1) is 12.6 Å². The number of hydrogen-bond acceptors (Lipinski definition) is 1. The highest BCUT2D eigenvalue weighted by molar-refractivity contribution is 9.10. The van der Waals surface area contributed by atoms with E-state index < -0.39 is 0 Å². The van der Waals surface area contributed by atoms with E-state index in [1.165, 1.54) is 11.1 Å². The van der Waals surface area contributed by atoms with Crippen LogP contribution >= 0.6 is 28.6 Å². The third-order valence-corrected chi connectivity index (χ3v) is 2.62. The number of halogens is 1. The third-order valence-electron chi connectivity index (χ3n) is 1.46. The van der Waals surface area contributed by atoms with Gasteiger partial charge < -0.3 is 0 Å². The molecule has 2 heteroatoms. The molecule has 10 heavy (non-hydrogen) atoms. The van der Waals surface area contributed by atoms with Gasteiger partial charge in [0, 0.05) is 9.37 Å². The smallest absolute Gasteiger partial charge is 0.0181 e. The van der Waals surface area contributed by atoms with Gasteiger partial charge in [0.25, 0.3) is 0 Å². The number of aryl methyl sites for hydroxylation is 2. The number of hydrogen-bond donors (Lipinski definition) is 1. The zero-order valence-electron chi connectivity index (χ0n) is 5.98. The highest BCUT2D eigenvalue weighted by Gasteiger charge is 1.97. The molecular formula is C8H9BrS. The van der Waals surface area contributed by atoms with Crippen LogP contribution in [0.4, 0.5) is 0 Å². The summed E-state index contributed by atoms with van der Waals surface area (Å²) in [5.74, 6) is 0. The fourth-order valence-electron chi connectivity index (χ4n) is 0.903. The molecule has 0 radical (unpaired) electrons. The maximum atomic E-state index is 4.34. The zero-order valence-corrected chi connectivity index (χ0v) is 8.46. The summed E-state index contributed by atoms with van der Waals surface area (Å²) >= 11 is 7.75. The van der Waals surface area contributed by atoms with Gasteiger partial charge in [0.05, 0.1) is 0 Å². The van der Waals surface area contributed by atoms with Crippen LogP contribution in [0.25, 0.3) is 0 Å². The van der Waals surface area contributed by atoms with Gasteiger partial charge in [-0.1, -0.05) is 15.9 Å². The molecule has 0 fully saturated rings. The SMILES string of the molecule is Cc1cc(Br)cc(C)c1S. The van der Waals surface area contributed by atoms with E-state index in [4.69, 9.17) is 0 Å². The molecule has 0 atom stereocenters. The van der Waals surface area contributed by atoms with Crippen LogP contribution in [0.3, 0.4) is 0 Å². The first kappa shape index (κ1) is 8.15. The highest BCUT2D eigenvalue weighted by atomic mass is 79.9. The molecule has 0 bridgehead atoms. The van der Waals surface area contributed by atoms with Gasteiger partial charge in [0.2, 0.25) is 0 Å². The van der Waals surface area contributed by atoms with Crippen molar-refractivity contribution >= 4 is 28.6 Å². The fourth-order valence-corrected chi connectivity index (χ4v) is 1.72. The fraction of sp³-hybridized carbons (Fsp3) is 0.250. The van der Waals surface area contributed by atoms with Crippen LogP contribution in [0.1, 0.15) is 11.1 Å². The molecule has 0 aliphatic rings. The van der Waals surface area contributed by atoms with Gasteiger partial charge in [-0.2, -0.15) is 0 Å². The first-order valence-electron chi connectivity index (χ1n) is 3.07. The summed E-state index contributed by atoms with van der Waals surface area (Å²) in [7, 11) is 0. The highest BCUT2D eigenvalue weighted by Crippen LogP contribution is 2.22. The summed E-state index contributed by atoms with van der Waals surface area (Å²) in [6.07, 6.45) is 0. The Balaban J connectivity index is 3.31. The lowest BCUT2D eigenvalue weighted by Crippen LogP contribution is -1.81. The van der Waals surface area contributed by atoms with Gasteiger partial charge in [-0.25, -0.2) is 0 Å². The van der Waals surface area contributed by atoms with E-state index in [0.29, 0.717) is 0 Å². The van der Waals surface area contributed by atoms with E-state index in [2.05, 4.69) is 54.5 Å². The summed E-state index contributed by atoms with van der Waals surface area (Å²) < 4.78 is 1.13. The number of rotatable bonds is 0. The van der Waals surface area contributed by atoms with Gasteiger partial charge in [-0.05, 0) is 37.1 Å². The largest absolute Gasteiger partial charge is 0.143 e. The van der Waals surface area contributed by atoms with Crippen molar-refractivity contribution < 1.29 is 0 Å². The second kappa shape index (κ2) is 2.97. The van der Waals surface area contributed by atoms with E-state index >= 15 is 0 Å². The molecule has 0 saturated carbocycles. The van der Waals surface area contributed by atoms with Crippen molar-refractivity contribution in [3.05, 3.63) is 27.7 Å². The van der Waals surface area contributed by atoms with Crippen molar-refractivity contribution in [3.8, 4) is 0 Å². The van der Waals surface area contributed by atoms with E-state index in [0.717, 1.165) is 9.37 Å². The van der Waals surface area contributed by atoms with Gasteiger partial charge in [-0.3, -0.25) is 0 Å². The molecule has 0 nitrogen and oxygen atoms in total. The van der Waals surface area contributed by atoms with E-state index in [-0.39, 0.29) is 0 Å². The molecule has 0 unspecified atom stereocenters. The molecule has 0 aromatic heterocycles. The molecule has 1 rings (SSSR count). The molecule has 0 saturated heterocycles. The first-order valence-corrected chi connectivity index (χ1v) is 4.31. The lowest BCUT2D eigenvalue weighted by molar-refractivity contribution is 1.21. The Kier molecular flexibility index (Phi) is 2.42. The first-order chi connectivity index (χ1) is 4.61. The Bertz CT molecular complexity index is 232. The van der Waals surface area contributed by atoms with Crippen molar-refractivity contribution in [2.24, 2.45) is 0 Å². The van der Waals surface area contributed by atoms with Crippen LogP contribution in [-0.4, -0.2) is 0 Å². The standard InChI is InChI=1S/C8H9BrS/c1-5-3-7(9)4-6(2)8(5)10/h3-4,10H,1-2H3. The molecular weight excluding hydrogens is 208 g/mol. The predicted molar refractivity (Wildman–Crippen MR) is 50.9 cm³/mol. The Hall–Kier alpha value is 0.0500. The Morgan fingerprint density at radius 3 is 2.00 bits per heavy atom. The molecule has 1 aromatic rings. The molecule has 1 aromatic carbocycles. The summed E-state index contributed by atoms with van der Waals surface area (Å²) in [6.45, 7) is 4.11. The van der Waals surface area contributed by atoms with Crippen LogP contribution in [0, 0.1) is 13.8 Å². The minimum absolute atomic E-state index is 1.09. The van der Waals surface area contributed by atoms with Crippen molar-refractivity contribution in [3.63, 3.8) is 0 Å². The topological polar surface area (TPSA) is 0 Å². The minimum Gasteiger partial charge on any atom is -0.143 e. The summed E-state index contributed by atoms with van der Waals surface area (Å²) in [4.78, 5) is 1.09. The van der Waals surface area contributed by atoms with Crippen LogP contribution in [0.5, 0.6) is 0 Å². The number of benzene rings is 1. The molecule has 0 N–H and O–H groups in total. The molecule has 0 heterocycles. The quantitative estimate of drug-likeness (QED) is 0.633. The van der Waals surface area contributed by atoms with E-state index in [9.17, 15) is 0 Å². The van der Waals surface area contributed by atoms with Crippen molar-refractivity contribution in [1.82, 2.24) is 0 Å². The number of thiol groups is 1. The molecule has 0 aliphatic heterocycles. The van der Waals surface area contributed by atoms with E-state index in [1.807, 2.05) is 0 Å². The second-order valence-electron chi connectivity index (χ2n) is 2.39. The lowest BCUT2D eigenvalue weighted by Gasteiger charge is -2.02. The molecule has 54 valence electrons. The van der Waals surface area contributed by atoms with E-state index in [1.54, 1.807) is 0 Å². The average molecular weight is 217 g/mol. The molecule has 0 amide bonds. The third kappa shape index (κ3) is 1.55. The van der Waals surface area contributed by atoms with Gasteiger partial charge in [0.15, 0.2) is 0 Å². The lowest BCUT2D eigenvalue weighted by atomic mass is 10.2. The maximum Gasteiger partial charge on any atom is 0.0181 e. The Labute approximate surface area is 75.2 Å². The van der Waals surface area contributed by atoms with Gasteiger partial charge in [0.1, 0.15) is 0 Å². The average Bonchev–Trinajstić information content (AvgIpc) is 1.82.